The maximum absolute atomic E-state index is 12.6. The van der Waals surface area contributed by atoms with Crippen molar-refractivity contribution in [3.8, 4) is 22.5 Å². The lowest BCUT2D eigenvalue weighted by Crippen LogP contribution is -2.35. The molecule has 1 atom stereocenters. The number of pyridine rings is 1. The van der Waals surface area contributed by atoms with Gasteiger partial charge in [0, 0.05) is 42.2 Å². The summed E-state index contributed by atoms with van der Waals surface area (Å²) in [5.74, 6) is -0.232. The third-order valence-corrected chi connectivity index (χ3v) is 4.17. The van der Waals surface area contributed by atoms with Gasteiger partial charge >= 0.3 is 0 Å². The van der Waals surface area contributed by atoms with Crippen LogP contribution >= 0.6 is 0 Å². The molecule has 6 nitrogen and oxygen atoms in total. The zero-order chi connectivity index (χ0) is 18.7. The number of aliphatic hydroxyl groups is 1. The van der Waals surface area contributed by atoms with E-state index in [2.05, 4.69) is 15.4 Å². The largest absolute Gasteiger partial charge is 0.394 e. The molecule has 0 saturated carbocycles. The summed E-state index contributed by atoms with van der Waals surface area (Å²) in [7, 11) is 1.86. The van der Waals surface area contributed by atoms with Crippen molar-refractivity contribution in [2.75, 3.05) is 6.61 Å². The molecule has 26 heavy (non-hydrogen) atoms. The predicted octanol–water partition coefficient (Wildman–Crippen LogP) is 2.57. The van der Waals surface area contributed by atoms with E-state index < -0.39 is 0 Å². The van der Waals surface area contributed by atoms with Crippen LogP contribution < -0.4 is 5.32 Å². The Morgan fingerprint density at radius 3 is 2.62 bits per heavy atom. The first kappa shape index (κ1) is 17.8. The zero-order valence-electron chi connectivity index (χ0n) is 15.1. The quantitative estimate of drug-likeness (QED) is 0.741. The third kappa shape index (κ3) is 3.81. The van der Waals surface area contributed by atoms with Gasteiger partial charge in [-0.25, -0.2) is 0 Å². The Morgan fingerprint density at radius 2 is 2.00 bits per heavy atom. The van der Waals surface area contributed by atoms with Crippen molar-refractivity contribution >= 4 is 5.91 Å². The molecule has 2 N–H and O–H groups in total. The number of hydrogen-bond acceptors (Lipinski definition) is 4. The van der Waals surface area contributed by atoms with E-state index in [1.807, 2.05) is 50.4 Å². The topological polar surface area (TPSA) is 80.0 Å². The summed E-state index contributed by atoms with van der Waals surface area (Å²) < 4.78 is 1.76. The number of amides is 1. The zero-order valence-corrected chi connectivity index (χ0v) is 15.1. The minimum absolute atomic E-state index is 0.112. The highest BCUT2D eigenvalue weighted by molar-refractivity contribution is 5.97. The number of nitrogens with zero attached hydrogens (tertiary/aromatic N) is 3. The molecule has 0 bridgehead atoms. The molecule has 2 heterocycles. The summed E-state index contributed by atoms with van der Waals surface area (Å²) in [4.78, 5) is 17.1. The Labute approximate surface area is 152 Å². The fourth-order valence-electron chi connectivity index (χ4n) is 2.70. The molecule has 0 aliphatic carbocycles. The van der Waals surface area contributed by atoms with E-state index in [0.29, 0.717) is 5.56 Å². The van der Waals surface area contributed by atoms with Gasteiger partial charge in [0.1, 0.15) is 0 Å². The summed E-state index contributed by atoms with van der Waals surface area (Å²) in [5.41, 5.74) is 5.02. The van der Waals surface area contributed by atoms with E-state index in [9.17, 15) is 9.90 Å². The molecular formula is C20H22N4O2. The van der Waals surface area contributed by atoms with E-state index in [1.54, 1.807) is 24.0 Å². The van der Waals surface area contributed by atoms with Gasteiger partial charge in [0.25, 0.3) is 5.91 Å². The lowest BCUT2D eigenvalue weighted by Gasteiger charge is -2.13. The van der Waals surface area contributed by atoms with Crippen molar-refractivity contribution < 1.29 is 9.90 Å². The molecule has 0 fully saturated rings. The van der Waals surface area contributed by atoms with Crippen LogP contribution in [0.3, 0.4) is 0 Å². The minimum Gasteiger partial charge on any atom is -0.394 e. The molecule has 0 saturated heterocycles. The number of aryl methyl sites for hydroxylation is 2. The van der Waals surface area contributed by atoms with Crippen LogP contribution in [0.2, 0.25) is 0 Å². The number of hydrogen-bond donors (Lipinski definition) is 2. The molecule has 134 valence electrons. The van der Waals surface area contributed by atoms with Crippen LogP contribution in [0.25, 0.3) is 22.5 Å². The SMILES string of the molecule is Cc1ccc(-c2cc(C(=O)NC(C)CO)cc(-c3ccnn3C)c2)nc1. The average molecular weight is 350 g/mol. The summed E-state index contributed by atoms with van der Waals surface area (Å²) >= 11 is 0. The van der Waals surface area contributed by atoms with Crippen LogP contribution in [0.4, 0.5) is 0 Å². The summed E-state index contributed by atoms with van der Waals surface area (Å²) in [6, 6.07) is 11.2. The Balaban J connectivity index is 2.09. The van der Waals surface area contributed by atoms with E-state index in [0.717, 1.165) is 28.1 Å². The Hall–Kier alpha value is -2.99. The number of carbonyl (C=O) groups excluding carboxylic acids is 1. The second kappa shape index (κ2) is 7.49. The highest BCUT2D eigenvalue weighted by Gasteiger charge is 2.14. The number of aromatic nitrogens is 3. The lowest BCUT2D eigenvalue weighted by atomic mass is 10.00. The monoisotopic (exact) mass is 350 g/mol. The second-order valence-electron chi connectivity index (χ2n) is 6.42. The van der Waals surface area contributed by atoms with E-state index in [4.69, 9.17) is 0 Å². The Morgan fingerprint density at radius 1 is 1.23 bits per heavy atom. The van der Waals surface area contributed by atoms with E-state index in [-0.39, 0.29) is 18.6 Å². The number of nitrogens with one attached hydrogen (secondary N) is 1. The van der Waals surface area contributed by atoms with Gasteiger partial charge in [0.15, 0.2) is 0 Å². The van der Waals surface area contributed by atoms with Crippen molar-refractivity contribution in [1.29, 1.82) is 0 Å². The van der Waals surface area contributed by atoms with Crippen molar-refractivity contribution in [2.24, 2.45) is 7.05 Å². The molecule has 3 aromatic rings. The molecule has 0 aliphatic heterocycles. The first-order valence-electron chi connectivity index (χ1n) is 8.46. The van der Waals surface area contributed by atoms with Crippen molar-refractivity contribution in [3.63, 3.8) is 0 Å². The first-order valence-corrected chi connectivity index (χ1v) is 8.46. The molecule has 1 unspecified atom stereocenters. The maximum Gasteiger partial charge on any atom is 0.251 e. The summed E-state index contributed by atoms with van der Waals surface area (Å²) in [5, 5.41) is 16.2. The smallest absolute Gasteiger partial charge is 0.251 e. The molecule has 3 rings (SSSR count). The average Bonchev–Trinajstić information content (AvgIpc) is 3.07. The standard InChI is InChI=1S/C20H22N4O2/c1-13-4-5-18(21-11-13)15-8-16(19-6-7-22-24(19)3)10-17(9-15)20(26)23-14(2)12-25/h4-11,14,25H,12H2,1-3H3,(H,23,26). The van der Waals surface area contributed by atoms with E-state index in [1.165, 1.54) is 0 Å². The highest BCUT2D eigenvalue weighted by atomic mass is 16.3. The lowest BCUT2D eigenvalue weighted by molar-refractivity contribution is 0.0922. The number of rotatable bonds is 5. The van der Waals surface area contributed by atoms with Crippen LogP contribution in [-0.2, 0) is 7.05 Å². The first-order chi connectivity index (χ1) is 12.5. The molecular weight excluding hydrogens is 328 g/mol. The highest BCUT2D eigenvalue weighted by Crippen LogP contribution is 2.27. The van der Waals surface area contributed by atoms with Crippen molar-refractivity contribution in [3.05, 3.63) is 59.9 Å². The van der Waals surface area contributed by atoms with Crippen LogP contribution in [0.15, 0.2) is 48.8 Å². The third-order valence-electron chi connectivity index (χ3n) is 4.17. The number of aliphatic hydroxyl groups excluding tert-OH is 1. The van der Waals surface area contributed by atoms with Gasteiger partial charge < -0.3 is 10.4 Å². The van der Waals surface area contributed by atoms with Gasteiger partial charge in [-0.1, -0.05) is 6.07 Å². The van der Waals surface area contributed by atoms with Gasteiger partial charge in [0.2, 0.25) is 0 Å². The molecule has 2 aromatic heterocycles. The Kier molecular flexibility index (Phi) is 5.14. The van der Waals surface area contributed by atoms with Crippen LogP contribution in [0, 0.1) is 6.92 Å². The Bertz CT molecular complexity index is 916. The van der Waals surface area contributed by atoms with Gasteiger partial charge in [0.05, 0.1) is 18.0 Å². The molecule has 0 spiro atoms. The molecule has 1 amide bonds. The molecule has 0 aliphatic rings. The molecule has 0 radical (unpaired) electrons. The van der Waals surface area contributed by atoms with Gasteiger partial charge in [-0.3, -0.25) is 14.5 Å². The fourth-order valence-corrected chi connectivity index (χ4v) is 2.70. The summed E-state index contributed by atoms with van der Waals surface area (Å²) in [6.07, 6.45) is 3.53. The van der Waals surface area contributed by atoms with Crippen LogP contribution in [-0.4, -0.2) is 38.4 Å². The van der Waals surface area contributed by atoms with Gasteiger partial charge in [-0.2, -0.15) is 5.10 Å². The van der Waals surface area contributed by atoms with Gasteiger partial charge in [-0.15, -0.1) is 0 Å². The molecule has 6 heteroatoms. The van der Waals surface area contributed by atoms with Crippen LogP contribution in [0.1, 0.15) is 22.8 Å². The second-order valence-corrected chi connectivity index (χ2v) is 6.42. The van der Waals surface area contributed by atoms with E-state index >= 15 is 0 Å². The van der Waals surface area contributed by atoms with Crippen molar-refractivity contribution in [2.45, 2.75) is 19.9 Å². The minimum atomic E-state index is -0.316. The number of benzene rings is 1. The van der Waals surface area contributed by atoms with Gasteiger partial charge in [-0.05, 0) is 49.7 Å². The maximum atomic E-state index is 12.6. The fraction of sp³-hybridized carbons (Fsp3) is 0.250. The van der Waals surface area contributed by atoms with Crippen LogP contribution in [0.5, 0.6) is 0 Å². The number of carbonyl (C=O) groups is 1. The molecule has 1 aromatic carbocycles. The summed E-state index contributed by atoms with van der Waals surface area (Å²) in [6.45, 7) is 3.63. The predicted molar refractivity (Wildman–Crippen MR) is 101 cm³/mol. The van der Waals surface area contributed by atoms with Crippen molar-refractivity contribution in [1.82, 2.24) is 20.1 Å². The normalized spacial score (nSPS) is 12.0.